The van der Waals surface area contributed by atoms with E-state index in [2.05, 4.69) is 41.2 Å². The normalized spacial score (nSPS) is 12.4. The maximum atomic E-state index is 5.79. The maximum Gasteiger partial charge on any atom is 0.129 e. The highest BCUT2D eigenvalue weighted by Gasteiger charge is 2.05. The summed E-state index contributed by atoms with van der Waals surface area (Å²) in [5, 5.41) is 0. The Hall–Kier alpha value is -1.74. The Labute approximate surface area is 114 Å². The predicted molar refractivity (Wildman–Crippen MR) is 78.9 cm³/mol. The molecular formula is C16H21N3. The van der Waals surface area contributed by atoms with E-state index in [0.29, 0.717) is 0 Å². The van der Waals surface area contributed by atoms with Gasteiger partial charge in [0.25, 0.3) is 0 Å². The van der Waals surface area contributed by atoms with Crippen molar-refractivity contribution in [2.75, 3.05) is 0 Å². The van der Waals surface area contributed by atoms with E-state index in [1.165, 1.54) is 5.56 Å². The van der Waals surface area contributed by atoms with Crippen LogP contribution >= 0.6 is 0 Å². The highest BCUT2D eigenvalue weighted by Crippen LogP contribution is 2.18. The third-order valence-corrected chi connectivity index (χ3v) is 3.07. The Balaban J connectivity index is 2.28. The zero-order valence-corrected chi connectivity index (χ0v) is 11.9. The van der Waals surface area contributed by atoms with Crippen LogP contribution in [-0.2, 0) is 6.42 Å². The van der Waals surface area contributed by atoms with E-state index in [4.69, 9.17) is 5.73 Å². The number of hydrogen-bond acceptors (Lipinski definition) is 3. The van der Waals surface area contributed by atoms with Crippen LogP contribution in [0.5, 0.6) is 0 Å². The summed E-state index contributed by atoms with van der Waals surface area (Å²) < 4.78 is 0. The van der Waals surface area contributed by atoms with Crippen molar-refractivity contribution in [3.8, 4) is 11.3 Å². The molecule has 1 aromatic carbocycles. The molecule has 1 heterocycles. The largest absolute Gasteiger partial charge is 0.328 e. The van der Waals surface area contributed by atoms with E-state index >= 15 is 0 Å². The van der Waals surface area contributed by atoms with E-state index in [1.54, 1.807) is 0 Å². The molecule has 3 nitrogen and oxygen atoms in total. The van der Waals surface area contributed by atoms with Gasteiger partial charge in [0, 0.05) is 23.7 Å². The van der Waals surface area contributed by atoms with Gasteiger partial charge in [0.05, 0.1) is 5.69 Å². The molecule has 0 spiro atoms. The van der Waals surface area contributed by atoms with E-state index in [1.807, 2.05) is 19.9 Å². The fraction of sp³-hybridized carbons (Fsp3) is 0.375. The van der Waals surface area contributed by atoms with Gasteiger partial charge in [-0.15, -0.1) is 0 Å². The molecule has 2 aromatic rings. The van der Waals surface area contributed by atoms with Crippen LogP contribution in [0.1, 0.15) is 30.4 Å². The van der Waals surface area contributed by atoms with Gasteiger partial charge in [-0.05, 0) is 33.3 Å². The van der Waals surface area contributed by atoms with Gasteiger partial charge in [-0.2, -0.15) is 0 Å². The van der Waals surface area contributed by atoms with Crippen molar-refractivity contribution < 1.29 is 0 Å². The Morgan fingerprint density at radius 2 is 1.79 bits per heavy atom. The molecule has 19 heavy (non-hydrogen) atoms. The summed E-state index contributed by atoms with van der Waals surface area (Å²) in [4.78, 5) is 9.12. The van der Waals surface area contributed by atoms with Gasteiger partial charge in [0.2, 0.25) is 0 Å². The smallest absolute Gasteiger partial charge is 0.129 e. The molecule has 100 valence electrons. The molecule has 3 heteroatoms. The number of hydrogen-bond donors (Lipinski definition) is 1. The third-order valence-electron chi connectivity index (χ3n) is 3.07. The standard InChI is InChI=1S/C16H21N3/c1-11-4-7-14(8-5-11)15-10-13(3)18-16(19-15)9-6-12(2)17/h4-5,7-8,10,12H,6,9,17H2,1-3H3. The van der Waals surface area contributed by atoms with Crippen LogP contribution in [-0.4, -0.2) is 16.0 Å². The summed E-state index contributed by atoms with van der Waals surface area (Å²) in [5.74, 6) is 0.882. The number of aromatic nitrogens is 2. The zero-order valence-electron chi connectivity index (χ0n) is 11.9. The van der Waals surface area contributed by atoms with Crippen molar-refractivity contribution in [3.05, 3.63) is 47.4 Å². The molecule has 0 bridgehead atoms. The molecule has 2 rings (SSSR count). The molecule has 0 saturated heterocycles. The molecule has 1 aromatic heterocycles. The highest BCUT2D eigenvalue weighted by molar-refractivity contribution is 5.59. The van der Waals surface area contributed by atoms with E-state index < -0.39 is 0 Å². The Morgan fingerprint density at radius 3 is 2.42 bits per heavy atom. The second-order valence-electron chi connectivity index (χ2n) is 5.19. The van der Waals surface area contributed by atoms with Crippen LogP contribution in [0, 0.1) is 13.8 Å². The minimum absolute atomic E-state index is 0.187. The van der Waals surface area contributed by atoms with Gasteiger partial charge in [-0.3, -0.25) is 0 Å². The van der Waals surface area contributed by atoms with Gasteiger partial charge in [0.1, 0.15) is 5.82 Å². The molecule has 0 aliphatic heterocycles. The van der Waals surface area contributed by atoms with Crippen LogP contribution in [0.25, 0.3) is 11.3 Å². The lowest BCUT2D eigenvalue weighted by atomic mass is 10.1. The first-order valence-electron chi connectivity index (χ1n) is 6.72. The summed E-state index contributed by atoms with van der Waals surface area (Å²) in [7, 11) is 0. The fourth-order valence-electron chi connectivity index (χ4n) is 1.97. The van der Waals surface area contributed by atoms with E-state index in [9.17, 15) is 0 Å². The van der Waals surface area contributed by atoms with Gasteiger partial charge >= 0.3 is 0 Å². The van der Waals surface area contributed by atoms with Gasteiger partial charge in [-0.1, -0.05) is 29.8 Å². The molecule has 0 fully saturated rings. The van der Waals surface area contributed by atoms with Crippen LogP contribution in [0.3, 0.4) is 0 Å². The minimum atomic E-state index is 0.187. The van der Waals surface area contributed by atoms with Crippen LogP contribution in [0.15, 0.2) is 30.3 Å². The van der Waals surface area contributed by atoms with E-state index in [-0.39, 0.29) is 6.04 Å². The third kappa shape index (κ3) is 3.86. The molecular weight excluding hydrogens is 234 g/mol. The average Bonchev–Trinajstić information content (AvgIpc) is 2.36. The maximum absolute atomic E-state index is 5.79. The van der Waals surface area contributed by atoms with Crippen molar-refractivity contribution >= 4 is 0 Å². The monoisotopic (exact) mass is 255 g/mol. The molecule has 0 aliphatic carbocycles. The SMILES string of the molecule is Cc1ccc(-c2cc(C)nc(CCC(C)N)n2)cc1. The molecule has 0 saturated carbocycles. The van der Waals surface area contributed by atoms with Gasteiger partial charge < -0.3 is 5.73 Å². The summed E-state index contributed by atoms with van der Waals surface area (Å²) in [6, 6.07) is 10.6. The zero-order chi connectivity index (χ0) is 13.8. The van der Waals surface area contributed by atoms with Gasteiger partial charge in [0.15, 0.2) is 0 Å². The van der Waals surface area contributed by atoms with Crippen molar-refractivity contribution in [1.82, 2.24) is 9.97 Å². The van der Waals surface area contributed by atoms with Crippen molar-refractivity contribution in [3.63, 3.8) is 0 Å². The first-order valence-corrected chi connectivity index (χ1v) is 6.72. The average molecular weight is 255 g/mol. The molecule has 2 N–H and O–H groups in total. The lowest BCUT2D eigenvalue weighted by Gasteiger charge is -2.08. The quantitative estimate of drug-likeness (QED) is 0.913. The Bertz CT molecular complexity index is 544. The molecule has 0 radical (unpaired) electrons. The van der Waals surface area contributed by atoms with Crippen molar-refractivity contribution in [2.45, 2.75) is 39.7 Å². The summed E-state index contributed by atoms with van der Waals surface area (Å²) in [6.45, 7) is 6.11. The lowest BCUT2D eigenvalue weighted by molar-refractivity contribution is 0.647. The van der Waals surface area contributed by atoms with Crippen molar-refractivity contribution in [1.29, 1.82) is 0 Å². The predicted octanol–water partition coefficient (Wildman–Crippen LogP) is 3.04. The number of aryl methyl sites for hydroxylation is 3. The summed E-state index contributed by atoms with van der Waals surface area (Å²) >= 11 is 0. The first-order chi connectivity index (χ1) is 9.04. The number of rotatable bonds is 4. The topological polar surface area (TPSA) is 51.8 Å². The van der Waals surface area contributed by atoms with Gasteiger partial charge in [-0.25, -0.2) is 9.97 Å². The Morgan fingerprint density at radius 1 is 1.11 bits per heavy atom. The number of benzene rings is 1. The fourth-order valence-corrected chi connectivity index (χ4v) is 1.97. The Kier molecular flexibility index (Phi) is 4.27. The van der Waals surface area contributed by atoms with Crippen LogP contribution < -0.4 is 5.73 Å². The lowest BCUT2D eigenvalue weighted by Crippen LogP contribution is -2.16. The molecule has 1 atom stereocenters. The first kappa shape index (κ1) is 13.7. The second kappa shape index (κ2) is 5.93. The van der Waals surface area contributed by atoms with Crippen LogP contribution in [0.2, 0.25) is 0 Å². The molecule has 1 unspecified atom stereocenters. The van der Waals surface area contributed by atoms with Crippen LogP contribution in [0.4, 0.5) is 0 Å². The highest BCUT2D eigenvalue weighted by atomic mass is 14.9. The second-order valence-corrected chi connectivity index (χ2v) is 5.19. The molecule has 0 aliphatic rings. The number of nitrogens with two attached hydrogens (primary N) is 1. The number of nitrogens with zero attached hydrogens (tertiary/aromatic N) is 2. The molecule has 0 amide bonds. The van der Waals surface area contributed by atoms with Crippen molar-refractivity contribution in [2.24, 2.45) is 5.73 Å². The summed E-state index contributed by atoms with van der Waals surface area (Å²) in [5.41, 5.74) is 10.2. The minimum Gasteiger partial charge on any atom is -0.328 e. The van der Waals surface area contributed by atoms with E-state index in [0.717, 1.165) is 35.6 Å². The summed E-state index contributed by atoms with van der Waals surface area (Å²) in [6.07, 6.45) is 1.75.